The second-order valence-electron chi connectivity index (χ2n) is 5.70. The predicted molar refractivity (Wildman–Crippen MR) is 77.4 cm³/mol. The lowest BCUT2D eigenvalue weighted by molar-refractivity contribution is 0.386. The monoisotopic (exact) mass is 321 g/mol. The van der Waals surface area contributed by atoms with E-state index in [0.717, 1.165) is 41.0 Å². The van der Waals surface area contributed by atoms with Crippen molar-refractivity contribution in [3.05, 3.63) is 22.9 Å². The van der Waals surface area contributed by atoms with Gasteiger partial charge in [0.1, 0.15) is 10.4 Å². The lowest BCUT2D eigenvalue weighted by Crippen LogP contribution is -2.27. The summed E-state index contributed by atoms with van der Waals surface area (Å²) >= 11 is 3.39. The summed E-state index contributed by atoms with van der Waals surface area (Å²) < 4.78 is 2.68. The highest BCUT2D eigenvalue weighted by Crippen LogP contribution is 2.32. The quantitative estimate of drug-likeness (QED) is 0.797. The summed E-state index contributed by atoms with van der Waals surface area (Å²) in [4.78, 5) is 9.19. The molecular weight excluding hydrogens is 306 g/mol. The van der Waals surface area contributed by atoms with Crippen LogP contribution in [0.4, 0.5) is 5.82 Å². The molecule has 4 heterocycles. The number of hydrogen-bond acceptors (Lipinski definition) is 4. The summed E-state index contributed by atoms with van der Waals surface area (Å²) in [6.45, 7) is 4.70. The third-order valence-corrected chi connectivity index (χ3v) is 4.65. The van der Waals surface area contributed by atoms with Gasteiger partial charge in [0, 0.05) is 26.2 Å². The Balaban J connectivity index is 1.61. The number of halogens is 1. The van der Waals surface area contributed by atoms with Crippen LogP contribution in [0.5, 0.6) is 0 Å². The minimum absolute atomic E-state index is 0.803. The zero-order valence-corrected chi connectivity index (χ0v) is 12.4. The zero-order valence-electron chi connectivity index (χ0n) is 10.8. The van der Waals surface area contributed by atoms with Crippen molar-refractivity contribution >= 4 is 27.4 Å². The molecule has 0 radical (unpaired) electrons. The van der Waals surface area contributed by atoms with Crippen molar-refractivity contribution < 1.29 is 0 Å². The van der Waals surface area contributed by atoms with E-state index < -0.39 is 0 Å². The van der Waals surface area contributed by atoms with Gasteiger partial charge in [0.15, 0.2) is 5.65 Å². The van der Waals surface area contributed by atoms with Crippen LogP contribution in [0.2, 0.25) is 0 Å². The molecule has 2 fully saturated rings. The minimum atomic E-state index is 0.803. The van der Waals surface area contributed by atoms with E-state index in [9.17, 15) is 0 Å². The molecule has 0 saturated carbocycles. The molecule has 100 valence electrons. The summed E-state index contributed by atoms with van der Waals surface area (Å²) in [6, 6.07) is 4.12. The molecule has 0 spiro atoms. The third kappa shape index (κ3) is 1.94. The van der Waals surface area contributed by atoms with E-state index in [1.807, 2.05) is 16.8 Å². The fourth-order valence-corrected chi connectivity index (χ4v) is 3.80. The van der Waals surface area contributed by atoms with E-state index >= 15 is 0 Å². The molecule has 0 amide bonds. The van der Waals surface area contributed by atoms with Crippen LogP contribution in [0.15, 0.2) is 22.9 Å². The lowest BCUT2D eigenvalue weighted by atomic mass is 10.0. The van der Waals surface area contributed by atoms with Crippen molar-refractivity contribution in [1.82, 2.24) is 19.5 Å². The third-order valence-electron chi connectivity index (χ3n) is 4.27. The Morgan fingerprint density at radius 2 is 1.89 bits per heavy atom. The molecule has 5 nitrogen and oxygen atoms in total. The Labute approximate surface area is 120 Å². The number of hydrogen-bond donors (Lipinski definition) is 0. The van der Waals surface area contributed by atoms with Crippen LogP contribution in [0, 0.1) is 11.8 Å². The summed E-state index contributed by atoms with van der Waals surface area (Å²) in [6.07, 6.45) is 1.91. The van der Waals surface area contributed by atoms with Gasteiger partial charge < -0.3 is 9.80 Å². The van der Waals surface area contributed by atoms with Gasteiger partial charge in [-0.15, -0.1) is 5.10 Å². The first kappa shape index (κ1) is 11.7. The molecular formula is C13H16BrN5. The highest BCUT2D eigenvalue weighted by Gasteiger charge is 2.39. The molecule has 2 aromatic heterocycles. The smallest absolute Gasteiger partial charge is 0.155 e. The Kier molecular flexibility index (Phi) is 2.57. The molecule has 2 aliphatic heterocycles. The van der Waals surface area contributed by atoms with Crippen molar-refractivity contribution in [3.8, 4) is 0 Å². The second-order valence-corrected chi connectivity index (χ2v) is 6.52. The van der Waals surface area contributed by atoms with Crippen molar-refractivity contribution in [2.75, 3.05) is 38.1 Å². The SMILES string of the molecule is CN1CC2CN(c3ccc4nc(Br)cn4n3)CC2C1. The van der Waals surface area contributed by atoms with Gasteiger partial charge in [-0.05, 0) is 46.9 Å². The van der Waals surface area contributed by atoms with E-state index in [1.165, 1.54) is 13.1 Å². The number of imidazole rings is 1. The summed E-state index contributed by atoms with van der Waals surface area (Å²) in [5, 5.41) is 4.66. The average Bonchev–Trinajstić information content (AvgIpc) is 2.98. The molecule has 2 unspecified atom stereocenters. The van der Waals surface area contributed by atoms with Gasteiger partial charge in [-0.1, -0.05) is 0 Å². The highest BCUT2D eigenvalue weighted by atomic mass is 79.9. The Bertz CT molecular complexity index is 611. The molecule has 2 atom stereocenters. The number of rotatable bonds is 1. The fraction of sp³-hybridized carbons (Fsp3) is 0.538. The molecule has 0 N–H and O–H groups in total. The van der Waals surface area contributed by atoms with Gasteiger partial charge >= 0.3 is 0 Å². The minimum Gasteiger partial charge on any atom is -0.355 e. The number of aromatic nitrogens is 3. The number of nitrogens with zero attached hydrogens (tertiary/aromatic N) is 5. The van der Waals surface area contributed by atoms with E-state index in [2.05, 4.69) is 48.9 Å². The average molecular weight is 322 g/mol. The van der Waals surface area contributed by atoms with Crippen molar-refractivity contribution in [3.63, 3.8) is 0 Å². The Morgan fingerprint density at radius 3 is 2.63 bits per heavy atom. The zero-order chi connectivity index (χ0) is 13.0. The number of fused-ring (bicyclic) bond motifs is 2. The van der Waals surface area contributed by atoms with Crippen LogP contribution < -0.4 is 4.90 Å². The topological polar surface area (TPSA) is 36.7 Å². The van der Waals surface area contributed by atoms with Crippen LogP contribution >= 0.6 is 15.9 Å². The number of likely N-dealkylation sites (tertiary alicyclic amines) is 1. The van der Waals surface area contributed by atoms with Crippen LogP contribution in [0.25, 0.3) is 5.65 Å². The van der Waals surface area contributed by atoms with Gasteiger partial charge in [0.2, 0.25) is 0 Å². The van der Waals surface area contributed by atoms with Gasteiger partial charge in [0.05, 0.1) is 6.20 Å². The van der Waals surface area contributed by atoms with Gasteiger partial charge in [0.25, 0.3) is 0 Å². The summed E-state index contributed by atoms with van der Waals surface area (Å²) in [5.74, 6) is 2.67. The van der Waals surface area contributed by atoms with Crippen LogP contribution in [-0.2, 0) is 0 Å². The van der Waals surface area contributed by atoms with E-state index in [4.69, 9.17) is 0 Å². The first-order valence-corrected chi connectivity index (χ1v) is 7.44. The first-order valence-electron chi connectivity index (χ1n) is 6.64. The standard InChI is InChI=1S/C13H16BrN5/c1-17-4-9-6-18(7-10(9)5-17)13-3-2-12-15-11(14)8-19(12)16-13/h2-3,8-10H,4-7H2,1H3. The Morgan fingerprint density at radius 1 is 1.16 bits per heavy atom. The lowest BCUT2D eigenvalue weighted by Gasteiger charge is -2.20. The van der Waals surface area contributed by atoms with Gasteiger partial charge in [-0.3, -0.25) is 0 Å². The maximum atomic E-state index is 4.66. The van der Waals surface area contributed by atoms with Gasteiger partial charge in [-0.25, -0.2) is 9.50 Å². The van der Waals surface area contributed by atoms with E-state index in [0.29, 0.717) is 0 Å². The maximum absolute atomic E-state index is 4.66. The number of anilines is 1. The maximum Gasteiger partial charge on any atom is 0.155 e. The largest absolute Gasteiger partial charge is 0.355 e. The van der Waals surface area contributed by atoms with Crippen LogP contribution in [-0.4, -0.2) is 52.7 Å². The molecule has 4 rings (SSSR count). The molecule has 2 saturated heterocycles. The van der Waals surface area contributed by atoms with Crippen LogP contribution in [0.1, 0.15) is 0 Å². The normalized spacial score (nSPS) is 27.4. The predicted octanol–water partition coefficient (Wildman–Crippen LogP) is 1.49. The highest BCUT2D eigenvalue weighted by molar-refractivity contribution is 9.10. The molecule has 19 heavy (non-hydrogen) atoms. The molecule has 0 aliphatic carbocycles. The molecule has 0 aromatic carbocycles. The fourth-order valence-electron chi connectivity index (χ4n) is 3.43. The van der Waals surface area contributed by atoms with Gasteiger partial charge in [-0.2, -0.15) is 0 Å². The van der Waals surface area contributed by atoms with Crippen LogP contribution in [0.3, 0.4) is 0 Å². The van der Waals surface area contributed by atoms with Crippen molar-refractivity contribution in [2.45, 2.75) is 0 Å². The van der Waals surface area contributed by atoms with E-state index in [1.54, 1.807) is 0 Å². The summed E-state index contributed by atoms with van der Waals surface area (Å²) in [7, 11) is 2.22. The molecule has 6 heteroatoms. The Hall–Kier alpha value is -1.14. The molecule has 2 aliphatic rings. The molecule has 0 bridgehead atoms. The first-order chi connectivity index (χ1) is 9.19. The van der Waals surface area contributed by atoms with Crippen molar-refractivity contribution in [2.24, 2.45) is 11.8 Å². The molecule has 2 aromatic rings. The summed E-state index contributed by atoms with van der Waals surface area (Å²) in [5.41, 5.74) is 0.884. The second kappa shape index (κ2) is 4.18. The van der Waals surface area contributed by atoms with Crippen molar-refractivity contribution in [1.29, 1.82) is 0 Å². The van der Waals surface area contributed by atoms with E-state index in [-0.39, 0.29) is 0 Å².